The molecule has 3 saturated heterocycles. The first-order chi connectivity index (χ1) is 35.2. The topological polar surface area (TPSA) is 198 Å². The Kier molecular flexibility index (Phi) is 12.9. The number of aromatic nitrogens is 5. The second-order valence-corrected chi connectivity index (χ2v) is 22.5. The average molecular weight is 1010 g/mol. The molecule has 4 N–H and O–H groups in total. The molecule has 0 radical (unpaired) electrons. The average Bonchev–Trinajstić information content (AvgIpc) is 4.23. The van der Waals surface area contributed by atoms with E-state index in [0.29, 0.717) is 44.2 Å². The van der Waals surface area contributed by atoms with E-state index < -0.39 is 36.1 Å². The SMILES string of the molecule is COC(=O)NC(C(=O)N1CCC[C@H]1c1ncc(-c2ccc3c(c2)cc2n3C(c3cc4c(s3)CCC4)Oc3cc(-c4cnc([C@@H]5CCCN5C(=O)[C@@H](NC(=O)OC)C(C)C)[nH]4)cc(C)c3-2)[nH]1)C1CCOC(C)(C)C1. The number of amides is 4. The molecule has 4 aromatic heterocycles. The molecule has 73 heavy (non-hydrogen) atoms. The number of rotatable bonds is 11. The molecule has 1 aliphatic carbocycles. The molecule has 3 fully saturated rings. The van der Waals surface area contributed by atoms with Crippen molar-refractivity contribution in [1.82, 2.24) is 44.9 Å². The van der Waals surface area contributed by atoms with Crippen molar-refractivity contribution < 1.29 is 38.1 Å². The standard InChI is InChI=1S/C55H65N9O8S/c1-29(2)46(60-53(67)69-6)50(65)62-18-9-12-39(62)49-57-28-37(59-49)34-21-30(3)45-41-23-35-22-31(15-16-38(35)64(41)52(72-42(45)24-34)44-25-32-11-8-14-43(32)73-44)36-27-56-48(58-36)40-13-10-19-63(40)51(66)47(61-54(68)70-7)33-17-20-71-55(4,5)26-33/h15-16,21-25,27-29,33,39-40,46-47,52H,8-14,17-20,26H2,1-7H3,(H,56,58)(H,57,59)(H,60,67)(H,61,68)/t33?,39-,40-,46-,47?,52?/m0/s1. The number of likely N-dealkylation sites (tertiary alicyclic amines) is 2. The first-order valence-electron chi connectivity index (χ1n) is 25.8. The highest BCUT2D eigenvalue weighted by molar-refractivity contribution is 7.12. The summed E-state index contributed by atoms with van der Waals surface area (Å²) in [6.45, 7) is 11.6. The molecule has 3 unspecified atom stereocenters. The number of aromatic amines is 2. The quantitative estimate of drug-likeness (QED) is 0.0970. The summed E-state index contributed by atoms with van der Waals surface area (Å²) in [7, 11) is 2.62. The molecule has 6 atom stereocenters. The summed E-state index contributed by atoms with van der Waals surface area (Å²) in [5.74, 6) is 1.68. The highest BCUT2D eigenvalue weighted by Gasteiger charge is 2.43. The molecular formula is C55H65N9O8S. The van der Waals surface area contributed by atoms with E-state index in [2.05, 4.69) is 74.6 Å². The van der Waals surface area contributed by atoms with Gasteiger partial charge in [0.05, 0.1) is 71.8 Å². The highest BCUT2D eigenvalue weighted by Crippen LogP contribution is 2.50. The molecule has 0 bridgehead atoms. The zero-order valence-electron chi connectivity index (χ0n) is 42.6. The first-order valence-corrected chi connectivity index (χ1v) is 26.6. The Morgan fingerprint density at radius 2 is 1.51 bits per heavy atom. The predicted octanol–water partition coefficient (Wildman–Crippen LogP) is 9.52. The van der Waals surface area contributed by atoms with Gasteiger partial charge >= 0.3 is 12.2 Å². The normalized spacial score (nSPS) is 21.9. The lowest BCUT2D eigenvalue weighted by Crippen LogP contribution is -2.54. The summed E-state index contributed by atoms with van der Waals surface area (Å²) in [6, 6.07) is 13.4. The fraction of sp³-hybridized carbons (Fsp3) is 0.491. The van der Waals surface area contributed by atoms with Gasteiger partial charge in [-0.05, 0) is 138 Å². The van der Waals surface area contributed by atoms with Crippen LogP contribution in [-0.4, -0.2) is 110 Å². The van der Waals surface area contributed by atoms with E-state index >= 15 is 0 Å². The van der Waals surface area contributed by atoms with E-state index in [1.54, 1.807) is 0 Å². The fourth-order valence-corrected chi connectivity index (χ4v) is 13.4. The van der Waals surface area contributed by atoms with Crippen LogP contribution in [0.3, 0.4) is 0 Å². The van der Waals surface area contributed by atoms with E-state index in [-0.39, 0.29) is 35.7 Å². The summed E-state index contributed by atoms with van der Waals surface area (Å²) in [5.41, 5.74) is 8.75. The van der Waals surface area contributed by atoms with Gasteiger partial charge in [0, 0.05) is 46.7 Å². The van der Waals surface area contributed by atoms with Gasteiger partial charge < -0.3 is 49.3 Å². The van der Waals surface area contributed by atoms with Crippen LogP contribution in [-0.2, 0) is 36.6 Å². The molecule has 0 saturated carbocycles. The van der Waals surface area contributed by atoms with Gasteiger partial charge in [0.1, 0.15) is 29.5 Å². The van der Waals surface area contributed by atoms with Gasteiger partial charge in [-0.3, -0.25) is 14.2 Å². The molecule has 2 aromatic carbocycles. The molecule has 4 amide bonds. The van der Waals surface area contributed by atoms with Gasteiger partial charge in [-0.2, -0.15) is 0 Å². The van der Waals surface area contributed by atoms with Crippen LogP contribution in [0.5, 0.6) is 5.75 Å². The van der Waals surface area contributed by atoms with Crippen molar-refractivity contribution in [1.29, 1.82) is 0 Å². The molecular weight excluding hydrogens is 947 g/mol. The molecule has 17 nitrogen and oxygen atoms in total. The number of thiophene rings is 1. The summed E-state index contributed by atoms with van der Waals surface area (Å²) in [4.78, 5) is 76.4. The van der Waals surface area contributed by atoms with Gasteiger partial charge in [0.2, 0.25) is 18.0 Å². The number of nitrogens with zero attached hydrogens (tertiary/aromatic N) is 5. The van der Waals surface area contributed by atoms with E-state index in [9.17, 15) is 19.2 Å². The summed E-state index contributed by atoms with van der Waals surface area (Å²) in [6.07, 6.45) is 9.81. The largest absolute Gasteiger partial charge is 0.464 e. The molecule has 6 aromatic rings. The summed E-state index contributed by atoms with van der Waals surface area (Å²) in [5, 5.41) is 6.68. The van der Waals surface area contributed by atoms with Crippen molar-refractivity contribution >= 4 is 46.2 Å². The van der Waals surface area contributed by atoms with Crippen LogP contribution in [0.4, 0.5) is 9.59 Å². The Morgan fingerprint density at radius 1 is 0.822 bits per heavy atom. The lowest BCUT2D eigenvalue weighted by molar-refractivity contribution is -0.139. The van der Waals surface area contributed by atoms with E-state index in [1.807, 2.05) is 61.2 Å². The van der Waals surface area contributed by atoms with E-state index in [0.717, 1.165) is 99.4 Å². The van der Waals surface area contributed by atoms with Crippen LogP contribution >= 0.6 is 11.3 Å². The maximum Gasteiger partial charge on any atom is 0.407 e. The zero-order valence-corrected chi connectivity index (χ0v) is 43.4. The van der Waals surface area contributed by atoms with Gasteiger partial charge in [-0.15, -0.1) is 11.3 Å². The van der Waals surface area contributed by atoms with Crippen molar-refractivity contribution in [2.45, 2.75) is 128 Å². The number of alkyl carbamates (subject to hydrolysis) is 2. The number of nitrogens with one attached hydrogen (secondary N) is 4. The van der Waals surface area contributed by atoms with Crippen LogP contribution in [0.25, 0.3) is 44.7 Å². The van der Waals surface area contributed by atoms with Crippen molar-refractivity contribution in [2.24, 2.45) is 11.8 Å². The Bertz CT molecular complexity index is 3090. The van der Waals surface area contributed by atoms with Crippen LogP contribution in [0.15, 0.2) is 54.9 Å². The first kappa shape index (κ1) is 48.6. The Hall–Kier alpha value is -6.66. The monoisotopic (exact) mass is 1010 g/mol. The van der Waals surface area contributed by atoms with Gasteiger partial charge in [-0.1, -0.05) is 19.9 Å². The lowest BCUT2D eigenvalue weighted by atomic mass is 9.82. The maximum absolute atomic E-state index is 14.5. The van der Waals surface area contributed by atoms with Crippen LogP contribution in [0.1, 0.15) is 123 Å². The Balaban J connectivity index is 0.895. The molecule has 11 rings (SSSR count). The number of carbonyl (C=O) groups excluding carboxylic acids is 4. The van der Waals surface area contributed by atoms with Crippen molar-refractivity contribution in [2.75, 3.05) is 33.9 Å². The Morgan fingerprint density at radius 3 is 2.18 bits per heavy atom. The van der Waals surface area contributed by atoms with Gasteiger partial charge in [0.15, 0.2) is 0 Å². The lowest BCUT2D eigenvalue weighted by Gasteiger charge is -2.40. The highest BCUT2D eigenvalue weighted by atomic mass is 32.1. The number of methoxy groups -OCH3 is 2. The minimum absolute atomic E-state index is 0.103. The number of aryl methyl sites for hydroxylation is 3. The van der Waals surface area contributed by atoms with Crippen LogP contribution in [0.2, 0.25) is 0 Å². The predicted molar refractivity (Wildman–Crippen MR) is 276 cm³/mol. The maximum atomic E-state index is 14.5. The minimum Gasteiger partial charge on any atom is -0.464 e. The fourth-order valence-electron chi connectivity index (χ4n) is 12.1. The number of carbonyl (C=O) groups is 4. The van der Waals surface area contributed by atoms with Crippen LogP contribution in [0, 0.1) is 18.8 Å². The smallest absolute Gasteiger partial charge is 0.407 e. The van der Waals surface area contributed by atoms with E-state index in [4.69, 9.17) is 28.9 Å². The second kappa shape index (κ2) is 19.3. The molecule has 384 valence electrons. The number of H-pyrrole nitrogens is 2. The van der Waals surface area contributed by atoms with Crippen molar-refractivity contribution in [3.63, 3.8) is 0 Å². The molecule has 18 heteroatoms. The molecule has 8 heterocycles. The van der Waals surface area contributed by atoms with Crippen LogP contribution < -0.4 is 15.4 Å². The Labute approximate surface area is 428 Å². The third-order valence-corrected chi connectivity index (χ3v) is 17.0. The number of imidazole rings is 2. The van der Waals surface area contributed by atoms with Crippen molar-refractivity contribution in [3.8, 4) is 39.5 Å². The van der Waals surface area contributed by atoms with Crippen molar-refractivity contribution in [3.05, 3.63) is 87.4 Å². The number of benzene rings is 2. The zero-order chi connectivity index (χ0) is 50.9. The molecule has 0 spiro atoms. The number of ether oxygens (including phenoxy) is 4. The molecule has 5 aliphatic rings. The number of hydrogen-bond donors (Lipinski definition) is 4. The number of fused-ring (bicyclic) bond motifs is 6. The van der Waals surface area contributed by atoms with Gasteiger partial charge in [-0.25, -0.2) is 19.6 Å². The summed E-state index contributed by atoms with van der Waals surface area (Å²) < 4.78 is 25.3. The third kappa shape index (κ3) is 9.03. The molecule has 4 aliphatic heterocycles. The van der Waals surface area contributed by atoms with E-state index in [1.165, 1.54) is 31.1 Å². The number of hydrogen-bond acceptors (Lipinski definition) is 11. The summed E-state index contributed by atoms with van der Waals surface area (Å²) >= 11 is 1.84. The second-order valence-electron chi connectivity index (χ2n) is 21.3. The minimum atomic E-state index is -0.745. The van der Waals surface area contributed by atoms with Gasteiger partial charge in [0.25, 0.3) is 0 Å². The third-order valence-electron chi connectivity index (χ3n) is 15.7.